The lowest BCUT2D eigenvalue weighted by Gasteiger charge is -2.30. The number of aliphatic hydroxyl groups excluding tert-OH is 1. The molecular formula is C13H15F3O2S. The highest BCUT2D eigenvalue weighted by Crippen LogP contribution is 2.48. The van der Waals surface area contributed by atoms with Crippen LogP contribution in [-0.4, -0.2) is 22.0 Å². The van der Waals surface area contributed by atoms with Gasteiger partial charge in [-0.1, -0.05) is 18.2 Å². The molecule has 0 saturated carbocycles. The highest BCUT2D eigenvalue weighted by molar-refractivity contribution is 8.00. The van der Waals surface area contributed by atoms with E-state index in [0.29, 0.717) is 0 Å². The predicted molar refractivity (Wildman–Crippen MR) is 68.2 cm³/mol. The van der Waals surface area contributed by atoms with Crippen molar-refractivity contribution in [2.75, 3.05) is 5.75 Å². The standard InChI is InChI=1S/C13H15F3O2S/c1-12(7-4-8-19-12)11(17)9-5-2-3-6-10(9)18-13(14,15)16/h2-3,5-6,11,17H,4,7-8H2,1H3. The normalized spacial score (nSPS) is 25.3. The summed E-state index contributed by atoms with van der Waals surface area (Å²) in [7, 11) is 0. The van der Waals surface area contributed by atoms with Gasteiger partial charge in [-0.2, -0.15) is 11.8 Å². The van der Waals surface area contributed by atoms with Crippen molar-refractivity contribution in [3.63, 3.8) is 0 Å². The maximum absolute atomic E-state index is 12.3. The molecule has 2 atom stereocenters. The van der Waals surface area contributed by atoms with E-state index in [1.54, 1.807) is 17.8 Å². The molecule has 1 saturated heterocycles. The van der Waals surface area contributed by atoms with Crippen molar-refractivity contribution >= 4 is 11.8 Å². The van der Waals surface area contributed by atoms with Gasteiger partial charge in [0.15, 0.2) is 0 Å². The Labute approximate surface area is 114 Å². The number of para-hydroxylation sites is 1. The second kappa shape index (κ2) is 5.25. The summed E-state index contributed by atoms with van der Waals surface area (Å²) in [6, 6.07) is 5.77. The third kappa shape index (κ3) is 3.36. The van der Waals surface area contributed by atoms with E-state index in [1.807, 2.05) is 6.92 Å². The third-order valence-corrected chi connectivity index (χ3v) is 4.85. The molecule has 2 rings (SSSR count). The van der Waals surface area contributed by atoms with Crippen LogP contribution in [0.25, 0.3) is 0 Å². The van der Waals surface area contributed by atoms with Crippen LogP contribution >= 0.6 is 11.8 Å². The lowest BCUT2D eigenvalue weighted by molar-refractivity contribution is -0.275. The van der Waals surface area contributed by atoms with E-state index in [-0.39, 0.29) is 11.3 Å². The average molecular weight is 292 g/mol. The molecule has 0 spiro atoms. The molecule has 1 N–H and O–H groups in total. The first kappa shape index (κ1) is 14.5. The number of alkyl halides is 3. The topological polar surface area (TPSA) is 29.5 Å². The monoisotopic (exact) mass is 292 g/mol. The third-order valence-electron chi connectivity index (χ3n) is 3.27. The van der Waals surface area contributed by atoms with Crippen molar-refractivity contribution in [3.8, 4) is 5.75 Å². The van der Waals surface area contributed by atoms with Gasteiger partial charge in [-0.15, -0.1) is 13.2 Å². The van der Waals surface area contributed by atoms with E-state index < -0.39 is 17.2 Å². The Kier molecular flexibility index (Phi) is 4.01. The zero-order valence-corrected chi connectivity index (χ0v) is 11.2. The quantitative estimate of drug-likeness (QED) is 0.916. The summed E-state index contributed by atoms with van der Waals surface area (Å²) in [5.74, 6) is 0.590. The zero-order valence-electron chi connectivity index (χ0n) is 10.4. The van der Waals surface area contributed by atoms with Crippen LogP contribution in [0, 0.1) is 0 Å². The average Bonchev–Trinajstić information content (AvgIpc) is 2.75. The Morgan fingerprint density at radius 1 is 1.37 bits per heavy atom. The van der Waals surface area contributed by atoms with E-state index in [4.69, 9.17) is 0 Å². The molecule has 2 nitrogen and oxygen atoms in total. The van der Waals surface area contributed by atoms with Gasteiger partial charge in [-0.05, 0) is 31.6 Å². The molecule has 1 aliphatic rings. The fraction of sp³-hybridized carbons (Fsp3) is 0.538. The van der Waals surface area contributed by atoms with Gasteiger partial charge < -0.3 is 9.84 Å². The number of thioether (sulfide) groups is 1. The molecule has 6 heteroatoms. The Hall–Kier alpha value is -0.880. The van der Waals surface area contributed by atoms with E-state index in [1.165, 1.54) is 18.2 Å². The molecule has 0 aliphatic carbocycles. The number of halogens is 3. The molecule has 0 aromatic heterocycles. The molecule has 19 heavy (non-hydrogen) atoms. The Morgan fingerprint density at radius 2 is 2.05 bits per heavy atom. The number of hydrogen-bond acceptors (Lipinski definition) is 3. The first-order chi connectivity index (χ1) is 8.82. The van der Waals surface area contributed by atoms with Gasteiger partial charge >= 0.3 is 6.36 Å². The smallest absolute Gasteiger partial charge is 0.405 e. The van der Waals surface area contributed by atoms with Crippen LogP contribution in [-0.2, 0) is 0 Å². The summed E-state index contributed by atoms with van der Waals surface area (Å²) < 4.78 is 40.6. The molecule has 0 radical (unpaired) electrons. The number of rotatable bonds is 3. The zero-order chi connectivity index (χ0) is 14.1. The summed E-state index contributed by atoms with van der Waals surface area (Å²) in [5.41, 5.74) is 0.191. The predicted octanol–water partition coefficient (Wildman–Crippen LogP) is 3.90. The Bertz CT molecular complexity index is 442. The van der Waals surface area contributed by atoms with Crippen LogP contribution in [0.15, 0.2) is 24.3 Å². The molecular weight excluding hydrogens is 277 g/mol. The number of ether oxygens (including phenoxy) is 1. The van der Waals surface area contributed by atoms with Crippen molar-refractivity contribution in [2.45, 2.75) is 37.0 Å². The van der Waals surface area contributed by atoms with Gasteiger partial charge in [0.05, 0.1) is 6.10 Å². The van der Waals surface area contributed by atoms with Crippen LogP contribution in [0.1, 0.15) is 31.4 Å². The molecule has 1 aliphatic heterocycles. The SMILES string of the molecule is CC1(C(O)c2ccccc2OC(F)(F)F)CCCS1. The fourth-order valence-corrected chi connectivity index (χ4v) is 3.60. The molecule has 0 amide bonds. The van der Waals surface area contributed by atoms with Crippen LogP contribution in [0.5, 0.6) is 5.75 Å². The fourth-order valence-electron chi connectivity index (χ4n) is 2.27. The highest BCUT2D eigenvalue weighted by Gasteiger charge is 2.40. The van der Waals surface area contributed by atoms with Crippen molar-refractivity contribution in [3.05, 3.63) is 29.8 Å². The number of benzene rings is 1. The lowest BCUT2D eigenvalue weighted by Crippen LogP contribution is -2.27. The maximum Gasteiger partial charge on any atom is 0.573 e. The van der Waals surface area contributed by atoms with Gasteiger partial charge in [-0.25, -0.2) is 0 Å². The number of aliphatic hydroxyl groups is 1. The minimum Gasteiger partial charge on any atom is -0.405 e. The summed E-state index contributed by atoms with van der Waals surface area (Å²) in [5, 5.41) is 10.4. The summed E-state index contributed by atoms with van der Waals surface area (Å²) in [6.07, 6.45) is -3.99. The summed E-state index contributed by atoms with van der Waals surface area (Å²) >= 11 is 1.59. The van der Waals surface area contributed by atoms with Gasteiger partial charge in [0, 0.05) is 10.3 Å². The van der Waals surface area contributed by atoms with E-state index in [0.717, 1.165) is 18.6 Å². The Morgan fingerprint density at radius 3 is 2.63 bits per heavy atom. The molecule has 0 bridgehead atoms. The second-order valence-electron chi connectivity index (χ2n) is 4.75. The maximum atomic E-state index is 12.3. The van der Waals surface area contributed by atoms with Crippen molar-refractivity contribution in [2.24, 2.45) is 0 Å². The van der Waals surface area contributed by atoms with Gasteiger partial charge in [0.25, 0.3) is 0 Å². The molecule has 1 aromatic carbocycles. The minimum absolute atomic E-state index is 0.191. The van der Waals surface area contributed by atoms with Crippen molar-refractivity contribution < 1.29 is 23.0 Å². The first-order valence-electron chi connectivity index (χ1n) is 5.98. The Balaban J connectivity index is 2.29. The molecule has 1 aromatic rings. The summed E-state index contributed by atoms with van der Waals surface area (Å²) in [6.45, 7) is 1.87. The van der Waals surface area contributed by atoms with Crippen LogP contribution in [0.2, 0.25) is 0 Å². The molecule has 1 heterocycles. The summed E-state index contributed by atoms with van der Waals surface area (Å²) in [4.78, 5) is 0. The van der Waals surface area contributed by atoms with Gasteiger partial charge in [0.2, 0.25) is 0 Å². The van der Waals surface area contributed by atoms with Crippen LogP contribution in [0.4, 0.5) is 13.2 Å². The second-order valence-corrected chi connectivity index (χ2v) is 6.38. The number of hydrogen-bond donors (Lipinski definition) is 1. The van der Waals surface area contributed by atoms with Gasteiger partial charge in [-0.3, -0.25) is 0 Å². The van der Waals surface area contributed by atoms with Crippen LogP contribution in [0.3, 0.4) is 0 Å². The molecule has 2 unspecified atom stereocenters. The largest absolute Gasteiger partial charge is 0.573 e. The molecule has 1 fully saturated rings. The van der Waals surface area contributed by atoms with Crippen LogP contribution < -0.4 is 4.74 Å². The molecule has 106 valence electrons. The first-order valence-corrected chi connectivity index (χ1v) is 6.97. The highest BCUT2D eigenvalue weighted by atomic mass is 32.2. The van der Waals surface area contributed by atoms with E-state index in [2.05, 4.69) is 4.74 Å². The van der Waals surface area contributed by atoms with E-state index >= 15 is 0 Å². The lowest BCUT2D eigenvalue weighted by atomic mass is 9.92. The van der Waals surface area contributed by atoms with Crippen molar-refractivity contribution in [1.29, 1.82) is 0 Å². The van der Waals surface area contributed by atoms with Gasteiger partial charge in [0.1, 0.15) is 5.75 Å². The van der Waals surface area contributed by atoms with Crippen molar-refractivity contribution in [1.82, 2.24) is 0 Å². The van der Waals surface area contributed by atoms with E-state index in [9.17, 15) is 18.3 Å². The minimum atomic E-state index is -4.75.